The fourth-order valence-corrected chi connectivity index (χ4v) is 7.00. The van der Waals surface area contributed by atoms with E-state index in [1.54, 1.807) is 0 Å². The van der Waals surface area contributed by atoms with Crippen LogP contribution in [0.3, 0.4) is 0 Å². The molecule has 0 aliphatic carbocycles. The first-order valence-corrected chi connectivity index (χ1v) is 23.1. The molecule has 312 valence electrons. The van der Waals surface area contributed by atoms with Crippen molar-refractivity contribution < 1.29 is 19.3 Å². The number of unbranched alkanes of at least 4 members (excludes halogenated alkanes) is 26. The zero-order chi connectivity index (χ0) is 38.5. The Morgan fingerprint density at radius 1 is 0.547 bits per heavy atom. The van der Waals surface area contributed by atoms with E-state index in [4.69, 9.17) is 14.2 Å². The first-order chi connectivity index (χ1) is 25.9. The molecule has 53 heavy (non-hydrogen) atoms. The minimum Gasteiger partial charge on any atom is -0.387 e. The molecule has 0 aliphatic rings. The summed E-state index contributed by atoms with van der Waals surface area (Å²) < 4.78 is 18.7. The lowest BCUT2D eigenvalue weighted by Crippen LogP contribution is -2.38. The molecule has 1 aromatic rings. The number of ether oxygens (including phenoxy) is 3. The monoisotopic (exact) mass is 746 g/mol. The lowest BCUT2D eigenvalue weighted by Gasteiger charge is -2.23. The summed E-state index contributed by atoms with van der Waals surface area (Å²) in [7, 11) is 0. The van der Waals surface area contributed by atoms with E-state index < -0.39 is 6.10 Å². The maximum Gasteiger partial charge on any atom is 0.105 e. The van der Waals surface area contributed by atoms with Crippen LogP contribution >= 0.6 is 0 Å². The van der Waals surface area contributed by atoms with Gasteiger partial charge in [0.15, 0.2) is 0 Å². The molecule has 1 aromatic carbocycles. The van der Waals surface area contributed by atoms with Crippen LogP contribution in [0.1, 0.15) is 232 Å². The fraction of sp³-hybridized carbons (Fsp3) is 0.875. The van der Waals surface area contributed by atoms with E-state index in [2.05, 4.69) is 52.1 Å². The van der Waals surface area contributed by atoms with Gasteiger partial charge in [-0.2, -0.15) is 0 Å². The van der Waals surface area contributed by atoms with E-state index >= 15 is 0 Å². The van der Waals surface area contributed by atoms with Gasteiger partial charge in [0.05, 0.1) is 25.9 Å². The van der Waals surface area contributed by atoms with Gasteiger partial charge in [-0.1, -0.05) is 205 Å². The molecule has 0 aromatic heterocycles. The average molecular weight is 746 g/mol. The van der Waals surface area contributed by atoms with Crippen LogP contribution in [0.4, 0.5) is 0 Å². The SMILES string of the molecule is CCCCCCCCCCCCCCCCOCC(COCCCCCCCCCCCCCCCC)OCc1cccc(C(O)CNC(C)(C)C)c1. The van der Waals surface area contributed by atoms with Crippen molar-refractivity contribution >= 4 is 0 Å². The first kappa shape index (κ1) is 50.0. The van der Waals surface area contributed by atoms with E-state index in [0.29, 0.717) is 26.4 Å². The Balaban J connectivity index is 2.29. The van der Waals surface area contributed by atoms with Crippen LogP contribution in [-0.2, 0) is 20.8 Å². The maximum absolute atomic E-state index is 10.8. The number of benzene rings is 1. The lowest BCUT2D eigenvalue weighted by molar-refractivity contribution is -0.0674. The Kier molecular flexibility index (Phi) is 34.6. The van der Waals surface area contributed by atoms with Gasteiger partial charge < -0.3 is 24.6 Å². The fourth-order valence-electron chi connectivity index (χ4n) is 7.00. The molecule has 0 saturated carbocycles. The zero-order valence-corrected chi connectivity index (χ0v) is 36.2. The minimum atomic E-state index is -0.549. The van der Waals surface area contributed by atoms with Crippen LogP contribution < -0.4 is 5.32 Å². The van der Waals surface area contributed by atoms with Gasteiger partial charge in [-0.25, -0.2) is 0 Å². The summed E-state index contributed by atoms with van der Waals surface area (Å²) in [6.45, 7) is 14.7. The smallest absolute Gasteiger partial charge is 0.105 e. The van der Waals surface area contributed by atoms with Gasteiger partial charge >= 0.3 is 0 Å². The van der Waals surface area contributed by atoms with Crippen molar-refractivity contribution in [2.24, 2.45) is 0 Å². The van der Waals surface area contributed by atoms with Gasteiger partial charge in [-0.3, -0.25) is 0 Å². The second-order valence-corrected chi connectivity index (χ2v) is 17.2. The van der Waals surface area contributed by atoms with Crippen LogP contribution in [0.15, 0.2) is 24.3 Å². The summed E-state index contributed by atoms with van der Waals surface area (Å²) in [6, 6.07) is 8.16. The van der Waals surface area contributed by atoms with Crippen LogP contribution in [0.25, 0.3) is 0 Å². The molecule has 5 heteroatoms. The summed E-state index contributed by atoms with van der Waals surface area (Å²) in [6.07, 6.45) is 37.6. The minimum absolute atomic E-state index is 0.0335. The number of hydrogen-bond acceptors (Lipinski definition) is 5. The third-order valence-electron chi connectivity index (χ3n) is 10.5. The molecular formula is C48H91NO4. The first-order valence-electron chi connectivity index (χ1n) is 23.1. The second kappa shape index (κ2) is 36.6. The van der Waals surface area contributed by atoms with Gasteiger partial charge in [-0.15, -0.1) is 0 Å². The summed E-state index contributed by atoms with van der Waals surface area (Å²) in [4.78, 5) is 0. The van der Waals surface area contributed by atoms with Gasteiger partial charge in [-0.05, 0) is 44.7 Å². The quantitative estimate of drug-likeness (QED) is 0.0655. The molecule has 2 N–H and O–H groups in total. The Labute approximate surface area is 330 Å². The Hall–Kier alpha value is -0.980. The van der Waals surface area contributed by atoms with Gasteiger partial charge in [0.1, 0.15) is 6.10 Å². The van der Waals surface area contributed by atoms with Crippen molar-refractivity contribution in [1.29, 1.82) is 0 Å². The number of aliphatic hydroxyl groups is 1. The van der Waals surface area contributed by atoms with Crippen molar-refractivity contribution in [3.63, 3.8) is 0 Å². The van der Waals surface area contributed by atoms with Gasteiger partial charge in [0.2, 0.25) is 0 Å². The van der Waals surface area contributed by atoms with Crippen molar-refractivity contribution in [2.75, 3.05) is 33.0 Å². The predicted molar refractivity (Wildman–Crippen MR) is 230 cm³/mol. The highest BCUT2D eigenvalue weighted by molar-refractivity contribution is 5.25. The molecule has 0 saturated heterocycles. The van der Waals surface area contributed by atoms with E-state index in [9.17, 15) is 5.11 Å². The molecular weight excluding hydrogens is 655 g/mol. The third kappa shape index (κ3) is 34.0. The molecule has 1 atom stereocenters. The number of rotatable bonds is 40. The standard InChI is InChI=1S/C48H91NO4/c1-6-8-10-12-14-16-18-20-22-24-26-28-30-32-37-51-42-46(53-41-44-35-34-36-45(39-44)47(50)40-49-48(3,4)5)43-52-38-33-31-29-27-25-23-21-19-17-15-13-11-9-7-2/h34-36,39,46-47,49-50H,6-33,37-38,40-43H2,1-5H3. The van der Waals surface area contributed by atoms with E-state index in [0.717, 1.165) is 37.2 Å². The third-order valence-corrected chi connectivity index (χ3v) is 10.5. The predicted octanol–water partition coefficient (Wildman–Crippen LogP) is 14.0. The number of aliphatic hydroxyl groups excluding tert-OH is 1. The number of hydrogen-bond donors (Lipinski definition) is 2. The molecule has 0 aliphatic heterocycles. The molecule has 0 heterocycles. The Bertz CT molecular complexity index is 851. The summed E-state index contributed by atoms with van der Waals surface area (Å²) in [5, 5.41) is 14.2. The molecule has 0 amide bonds. The van der Waals surface area contributed by atoms with Crippen LogP contribution in [0.2, 0.25) is 0 Å². The second-order valence-electron chi connectivity index (χ2n) is 17.2. The van der Waals surface area contributed by atoms with Crippen molar-refractivity contribution in [2.45, 2.75) is 239 Å². The topological polar surface area (TPSA) is 60.0 Å². The molecule has 0 radical (unpaired) electrons. The summed E-state index contributed by atoms with van der Waals surface area (Å²) in [5.74, 6) is 0. The van der Waals surface area contributed by atoms with Crippen molar-refractivity contribution in [3.8, 4) is 0 Å². The van der Waals surface area contributed by atoms with Gasteiger partial charge in [0, 0.05) is 25.3 Å². The van der Waals surface area contributed by atoms with Gasteiger partial charge in [0.25, 0.3) is 0 Å². The van der Waals surface area contributed by atoms with Crippen LogP contribution in [-0.4, -0.2) is 49.7 Å². The highest BCUT2D eigenvalue weighted by atomic mass is 16.6. The Morgan fingerprint density at radius 3 is 1.30 bits per heavy atom. The van der Waals surface area contributed by atoms with Crippen LogP contribution in [0.5, 0.6) is 0 Å². The molecule has 1 rings (SSSR count). The molecule has 0 fully saturated rings. The highest BCUT2D eigenvalue weighted by Gasteiger charge is 2.15. The van der Waals surface area contributed by atoms with E-state index in [1.165, 1.54) is 167 Å². The lowest BCUT2D eigenvalue weighted by atomic mass is 10.0. The normalized spacial score (nSPS) is 12.7. The van der Waals surface area contributed by atoms with Crippen LogP contribution in [0, 0.1) is 0 Å². The Morgan fingerprint density at radius 2 is 0.925 bits per heavy atom. The van der Waals surface area contributed by atoms with Crippen molar-refractivity contribution in [3.05, 3.63) is 35.4 Å². The average Bonchev–Trinajstić information content (AvgIpc) is 3.15. The molecule has 5 nitrogen and oxygen atoms in total. The largest absolute Gasteiger partial charge is 0.387 e. The summed E-state index contributed by atoms with van der Waals surface area (Å²) in [5.41, 5.74) is 1.96. The van der Waals surface area contributed by atoms with Crippen molar-refractivity contribution in [1.82, 2.24) is 5.32 Å². The molecule has 1 unspecified atom stereocenters. The highest BCUT2D eigenvalue weighted by Crippen LogP contribution is 2.18. The molecule has 0 spiro atoms. The summed E-state index contributed by atoms with van der Waals surface area (Å²) >= 11 is 0. The van der Waals surface area contributed by atoms with E-state index in [-0.39, 0.29) is 11.6 Å². The maximum atomic E-state index is 10.8. The zero-order valence-electron chi connectivity index (χ0n) is 36.2. The van der Waals surface area contributed by atoms with E-state index in [1.807, 2.05) is 12.1 Å². The molecule has 0 bridgehead atoms. The number of nitrogens with one attached hydrogen (secondary N) is 1. The number of β-amino-alcohol motifs (C(OH)–C–C–N with tert-alkyl or cyclic N) is 1.